The van der Waals surface area contributed by atoms with E-state index in [4.69, 9.17) is 5.73 Å². The lowest BCUT2D eigenvalue weighted by molar-refractivity contribution is -0.124. The predicted octanol–water partition coefficient (Wildman–Crippen LogP) is 1.56. The maximum atomic E-state index is 11.7. The van der Waals surface area contributed by atoms with Crippen molar-refractivity contribution in [2.24, 2.45) is 11.7 Å². The highest BCUT2D eigenvalue weighted by Gasteiger charge is 2.46. The average molecular weight is 210 g/mol. The van der Waals surface area contributed by atoms with Crippen LogP contribution in [0.1, 0.15) is 51.9 Å². The molecular formula is C12H22N2O. The van der Waals surface area contributed by atoms with Gasteiger partial charge in [-0.2, -0.15) is 0 Å². The zero-order valence-corrected chi connectivity index (χ0v) is 9.59. The Labute approximate surface area is 91.8 Å². The third-order valence-electron chi connectivity index (χ3n) is 3.96. The molecule has 2 saturated carbocycles. The number of hydrogen-bond donors (Lipinski definition) is 2. The SMILES string of the molecule is C[C@@H](NC(=O)C1(N)CC1)C1CCCCC1. The van der Waals surface area contributed by atoms with Crippen molar-refractivity contribution in [3.05, 3.63) is 0 Å². The first kappa shape index (κ1) is 10.9. The number of rotatable bonds is 3. The largest absolute Gasteiger partial charge is 0.352 e. The lowest BCUT2D eigenvalue weighted by Crippen LogP contribution is -2.48. The average Bonchev–Trinajstić information content (AvgIpc) is 2.99. The highest BCUT2D eigenvalue weighted by molar-refractivity contribution is 5.89. The Bertz CT molecular complexity index is 242. The van der Waals surface area contributed by atoms with Crippen LogP contribution in [0.2, 0.25) is 0 Å². The first-order valence-electron chi connectivity index (χ1n) is 6.22. The van der Waals surface area contributed by atoms with Crippen LogP contribution in [0.3, 0.4) is 0 Å². The Morgan fingerprint density at radius 3 is 2.47 bits per heavy atom. The molecule has 3 N–H and O–H groups in total. The van der Waals surface area contributed by atoms with E-state index in [9.17, 15) is 4.79 Å². The highest BCUT2D eigenvalue weighted by Crippen LogP contribution is 2.33. The second kappa shape index (κ2) is 4.12. The van der Waals surface area contributed by atoms with Crippen LogP contribution in [-0.4, -0.2) is 17.5 Å². The van der Waals surface area contributed by atoms with Gasteiger partial charge in [-0.1, -0.05) is 19.3 Å². The molecule has 3 heteroatoms. The van der Waals surface area contributed by atoms with Gasteiger partial charge < -0.3 is 11.1 Å². The number of carbonyl (C=O) groups is 1. The maximum Gasteiger partial charge on any atom is 0.240 e. The molecule has 2 aliphatic carbocycles. The van der Waals surface area contributed by atoms with Crippen molar-refractivity contribution < 1.29 is 4.79 Å². The maximum absolute atomic E-state index is 11.7. The van der Waals surface area contributed by atoms with E-state index in [0.717, 1.165) is 12.8 Å². The summed E-state index contributed by atoms with van der Waals surface area (Å²) in [6.07, 6.45) is 8.24. The summed E-state index contributed by atoms with van der Waals surface area (Å²) < 4.78 is 0. The van der Waals surface area contributed by atoms with Gasteiger partial charge in [-0.3, -0.25) is 4.79 Å². The molecule has 2 aliphatic rings. The Balaban J connectivity index is 1.80. The minimum atomic E-state index is -0.511. The third kappa shape index (κ3) is 2.51. The molecule has 2 fully saturated rings. The number of nitrogens with two attached hydrogens (primary N) is 1. The van der Waals surface area contributed by atoms with Crippen molar-refractivity contribution in [1.82, 2.24) is 5.32 Å². The second-order valence-electron chi connectivity index (χ2n) is 5.32. The smallest absolute Gasteiger partial charge is 0.240 e. The molecule has 0 spiro atoms. The van der Waals surface area contributed by atoms with Gasteiger partial charge in [0, 0.05) is 6.04 Å². The Morgan fingerprint density at radius 2 is 1.93 bits per heavy atom. The zero-order valence-electron chi connectivity index (χ0n) is 9.59. The summed E-state index contributed by atoms with van der Waals surface area (Å²) in [4.78, 5) is 11.7. The number of hydrogen-bond acceptors (Lipinski definition) is 2. The summed E-state index contributed by atoms with van der Waals surface area (Å²) in [6, 6.07) is 0.304. The van der Waals surface area contributed by atoms with Crippen LogP contribution in [-0.2, 0) is 4.79 Å². The quantitative estimate of drug-likeness (QED) is 0.742. The van der Waals surface area contributed by atoms with Crippen molar-refractivity contribution >= 4 is 5.91 Å². The Kier molecular flexibility index (Phi) is 3.01. The van der Waals surface area contributed by atoms with E-state index < -0.39 is 5.54 Å². The summed E-state index contributed by atoms with van der Waals surface area (Å²) in [7, 11) is 0. The summed E-state index contributed by atoms with van der Waals surface area (Å²) in [5, 5.41) is 3.09. The van der Waals surface area contributed by atoms with Crippen LogP contribution in [0.15, 0.2) is 0 Å². The summed E-state index contributed by atoms with van der Waals surface area (Å²) >= 11 is 0. The second-order valence-corrected chi connectivity index (χ2v) is 5.32. The van der Waals surface area contributed by atoms with E-state index in [2.05, 4.69) is 12.2 Å². The monoisotopic (exact) mass is 210 g/mol. The van der Waals surface area contributed by atoms with Gasteiger partial charge in [0.1, 0.15) is 0 Å². The van der Waals surface area contributed by atoms with Gasteiger partial charge in [0.25, 0.3) is 0 Å². The van der Waals surface area contributed by atoms with Crippen molar-refractivity contribution in [1.29, 1.82) is 0 Å². The zero-order chi connectivity index (χ0) is 10.9. The minimum absolute atomic E-state index is 0.0700. The molecule has 0 aliphatic heterocycles. The molecule has 0 unspecified atom stereocenters. The molecule has 86 valence electrons. The van der Waals surface area contributed by atoms with Crippen LogP contribution in [0, 0.1) is 5.92 Å². The van der Waals surface area contributed by atoms with Gasteiger partial charge in [-0.25, -0.2) is 0 Å². The molecular weight excluding hydrogens is 188 g/mol. The van der Waals surface area contributed by atoms with Crippen LogP contribution >= 0.6 is 0 Å². The van der Waals surface area contributed by atoms with E-state index in [-0.39, 0.29) is 5.91 Å². The summed E-state index contributed by atoms with van der Waals surface area (Å²) in [5.74, 6) is 0.741. The van der Waals surface area contributed by atoms with Gasteiger partial charge in [0.15, 0.2) is 0 Å². The van der Waals surface area contributed by atoms with Crippen molar-refractivity contribution in [3.63, 3.8) is 0 Å². The van der Waals surface area contributed by atoms with Gasteiger partial charge in [0.2, 0.25) is 5.91 Å². The van der Waals surface area contributed by atoms with E-state index in [1.54, 1.807) is 0 Å². The van der Waals surface area contributed by atoms with Crippen molar-refractivity contribution in [3.8, 4) is 0 Å². The van der Waals surface area contributed by atoms with Gasteiger partial charge >= 0.3 is 0 Å². The van der Waals surface area contributed by atoms with Crippen molar-refractivity contribution in [2.45, 2.75) is 63.5 Å². The third-order valence-corrected chi connectivity index (χ3v) is 3.96. The van der Waals surface area contributed by atoms with Gasteiger partial charge in [0.05, 0.1) is 5.54 Å². The van der Waals surface area contributed by atoms with Crippen LogP contribution in [0.5, 0.6) is 0 Å². The lowest BCUT2D eigenvalue weighted by atomic mass is 9.84. The van der Waals surface area contributed by atoms with E-state index in [0.29, 0.717) is 12.0 Å². The number of carbonyl (C=O) groups excluding carboxylic acids is 1. The summed E-state index contributed by atoms with van der Waals surface area (Å²) in [6.45, 7) is 2.12. The van der Waals surface area contributed by atoms with E-state index in [1.807, 2.05) is 0 Å². The molecule has 3 nitrogen and oxygen atoms in total. The van der Waals surface area contributed by atoms with E-state index in [1.165, 1.54) is 32.1 Å². The standard InChI is InChI=1S/C12H22N2O/c1-9(10-5-3-2-4-6-10)14-11(15)12(13)7-8-12/h9-10H,2-8,13H2,1H3,(H,14,15)/t9-/m1/s1. The fraction of sp³-hybridized carbons (Fsp3) is 0.917. The fourth-order valence-corrected chi connectivity index (χ4v) is 2.46. The first-order valence-corrected chi connectivity index (χ1v) is 6.22. The number of amides is 1. The normalized spacial score (nSPS) is 27.1. The van der Waals surface area contributed by atoms with Gasteiger partial charge in [-0.15, -0.1) is 0 Å². The van der Waals surface area contributed by atoms with Gasteiger partial charge in [-0.05, 0) is 38.5 Å². The minimum Gasteiger partial charge on any atom is -0.352 e. The summed E-state index contributed by atoms with van der Waals surface area (Å²) in [5.41, 5.74) is 5.34. The molecule has 2 rings (SSSR count). The van der Waals surface area contributed by atoms with Crippen LogP contribution in [0.4, 0.5) is 0 Å². The fourth-order valence-electron chi connectivity index (χ4n) is 2.46. The highest BCUT2D eigenvalue weighted by atomic mass is 16.2. The molecule has 15 heavy (non-hydrogen) atoms. The molecule has 1 amide bonds. The predicted molar refractivity (Wildman–Crippen MR) is 60.3 cm³/mol. The molecule has 0 aromatic rings. The van der Waals surface area contributed by atoms with Crippen LogP contribution < -0.4 is 11.1 Å². The topological polar surface area (TPSA) is 55.1 Å². The van der Waals surface area contributed by atoms with Crippen molar-refractivity contribution in [2.75, 3.05) is 0 Å². The molecule has 0 aromatic carbocycles. The Morgan fingerprint density at radius 1 is 1.33 bits per heavy atom. The molecule has 0 aromatic heterocycles. The molecule has 1 atom stereocenters. The molecule has 0 heterocycles. The van der Waals surface area contributed by atoms with E-state index >= 15 is 0 Å². The number of nitrogens with one attached hydrogen (secondary N) is 1. The Hall–Kier alpha value is -0.570. The van der Waals surface area contributed by atoms with Crippen LogP contribution in [0.25, 0.3) is 0 Å². The molecule has 0 bridgehead atoms. The first-order chi connectivity index (χ1) is 7.12. The molecule has 0 saturated heterocycles. The molecule has 0 radical (unpaired) electrons. The lowest BCUT2D eigenvalue weighted by Gasteiger charge is -2.29.